The van der Waals surface area contributed by atoms with Crippen molar-refractivity contribution in [1.82, 2.24) is 9.55 Å². The lowest BCUT2D eigenvalue weighted by Gasteiger charge is -2.17. The zero-order valence-corrected chi connectivity index (χ0v) is 15.3. The number of carbonyl (C=O) groups is 1. The van der Waals surface area contributed by atoms with E-state index in [-0.39, 0.29) is 17.6 Å². The minimum Gasteiger partial charge on any atom is -0.380 e. The third-order valence-corrected chi connectivity index (χ3v) is 4.98. The van der Waals surface area contributed by atoms with Gasteiger partial charge in [0.15, 0.2) is 0 Å². The molecular weight excluding hydrogens is 345 g/mol. The molecule has 1 saturated heterocycles. The van der Waals surface area contributed by atoms with Crippen LogP contribution in [0.5, 0.6) is 0 Å². The number of halogens is 1. The number of fused-ring (bicyclic) bond motifs is 1. The van der Waals surface area contributed by atoms with Crippen LogP contribution in [0.15, 0.2) is 48.5 Å². The maximum Gasteiger partial charge on any atom is 0.227 e. The van der Waals surface area contributed by atoms with Crippen LogP contribution in [-0.4, -0.2) is 35.2 Å². The Morgan fingerprint density at radius 3 is 2.74 bits per heavy atom. The second-order valence-electron chi connectivity index (χ2n) is 6.69. The van der Waals surface area contributed by atoms with Gasteiger partial charge in [0.2, 0.25) is 5.91 Å². The Balaban J connectivity index is 1.64. The van der Waals surface area contributed by atoms with Crippen molar-refractivity contribution in [3.05, 3.63) is 60.2 Å². The van der Waals surface area contributed by atoms with E-state index in [0.717, 1.165) is 22.5 Å². The zero-order chi connectivity index (χ0) is 18.8. The number of rotatable bonds is 6. The molecule has 0 radical (unpaired) electrons. The number of para-hydroxylation sites is 2. The molecule has 3 aromatic rings. The van der Waals surface area contributed by atoms with Crippen LogP contribution in [0.1, 0.15) is 25.1 Å². The first-order chi connectivity index (χ1) is 13.2. The van der Waals surface area contributed by atoms with Gasteiger partial charge in [0.1, 0.15) is 11.6 Å². The maximum atomic E-state index is 13.2. The van der Waals surface area contributed by atoms with E-state index in [9.17, 15) is 9.18 Å². The van der Waals surface area contributed by atoms with Crippen LogP contribution < -0.4 is 4.90 Å². The number of carbonyl (C=O) groups excluding carboxylic acids is 1. The second-order valence-corrected chi connectivity index (χ2v) is 6.69. The van der Waals surface area contributed by atoms with Gasteiger partial charge in [-0.05, 0) is 43.3 Å². The molecule has 1 aliphatic heterocycles. The number of ether oxygens (including phenoxy) is 1. The summed E-state index contributed by atoms with van der Waals surface area (Å²) < 4.78 is 20.9. The van der Waals surface area contributed by atoms with E-state index in [0.29, 0.717) is 32.7 Å². The molecule has 140 valence electrons. The number of benzene rings is 2. The number of imidazole rings is 1. The molecule has 6 heteroatoms. The first-order valence-corrected chi connectivity index (χ1v) is 9.26. The van der Waals surface area contributed by atoms with Gasteiger partial charge in [-0.25, -0.2) is 9.37 Å². The monoisotopic (exact) mass is 367 g/mol. The predicted molar refractivity (Wildman–Crippen MR) is 102 cm³/mol. The summed E-state index contributed by atoms with van der Waals surface area (Å²) in [5, 5.41) is 0. The highest BCUT2D eigenvalue weighted by Crippen LogP contribution is 2.33. The quantitative estimate of drug-likeness (QED) is 0.624. The lowest BCUT2D eigenvalue weighted by Crippen LogP contribution is -2.24. The fourth-order valence-electron chi connectivity index (χ4n) is 3.69. The van der Waals surface area contributed by atoms with Crippen LogP contribution in [0.25, 0.3) is 11.0 Å². The first kappa shape index (κ1) is 17.7. The standard InChI is InChI=1S/C21H22FN3O2/c1-2-27-12-11-24-19-6-4-3-5-18(19)23-21(24)15-13-20(26)25(14-15)17-9-7-16(22)8-10-17/h3-10,15H,2,11-14H2,1H3. The topological polar surface area (TPSA) is 47.4 Å². The van der Waals surface area contributed by atoms with E-state index in [4.69, 9.17) is 9.72 Å². The number of amides is 1. The van der Waals surface area contributed by atoms with Crippen molar-refractivity contribution >= 4 is 22.6 Å². The fourth-order valence-corrected chi connectivity index (χ4v) is 3.69. The summed E-state index contributed by atoms with van der Waals surface area (Å²) in [7, 11) is 0. The minimum absolute atomic E-state index is 0.00317. The Morgan fingerprint density at radius 2 is 1.96 bits per heavy atom. The highest BCUT2D eigenvalue weighted by Gasteiger charge is 2.34. The van der Waals surface area contributed by atoms with E-state index >= 15 is 0 Å². The molecule has 0 saturated carbocycles. The molecule has 1 fully saturated rings. The van der Waals surface area contributed by atoms with Crippen molar-refractivity contribution < 1.29 is 13.9 Å². The van der Waals surface area contributed by atoms with Crippen LogP contribution in [0, 0.1) is 5.82 Å². The van der Waals surface area contributed by atoms with Crippen molar-refractivity contribution in [2.75, 3.05) is 24.7 Å². The summed E-state index contributed by atoms with van der Waals surface area (Å²) in [6, 6.07) is 14.1. The Bertz CT molecular complexity index is 952. The average Bonchev–Trinajstić information content (AvgIpc) is 3.24. The summed E-state index contributed by atoms with van der Waals surface area (Å²) in [5.41, 5.74) is 2.71. The summed E-state index contributed by atoms with van der Waals surface area (Å²) >= 11 is 0. The van der Waals surface area contributed by atoms with E-state index < -0.39 is 0 Å². The molecule has 4 rings (SSSR count). The molecule has 2 heterocycles. The van der Waals surface area contributed by atoms with Crippen molar-refractivity contribution in [3.8, 4) is 0 Å². The van der Waals surface area contributed by atoms with Crippen LogP contribution in [0.2, 0.25) is 0 Å². The minimum atomic E-state index is -0.306. The van der Waals surface area contributed by atoms with E-state index in [1.807, 2.05) is 31.2 Å². The van der Waals surface area contributed by atoms with Crippen molar-refractivity contribution in [2.24, 2.45) is 0 Å². The van der Waals surface area contributed by atoms with Gasteiger partial charge in [-0.2, -0.15) is 0 Å². The number of nitrogens with zero attached hydrogens (tertiary/aromatic N) is 3. The molecule has 27 heavy (non-hydrogen) atoms. The molecular formula is C21H22FN3O2. The molecule has 1 amide bonds. The molecule has 0 N–H and O–H groups in total. The Labute approximate surface area is 157 Å². The number of aromatic nitrogens is 2. The van der Waals surface area contributed by atoms with E-state index in [1.165, 1.54) is 12.1 Å². The van der Waals surface area contributed by atoms with Crippen LogP contribution in [0.4, 0.5) is 10.1 Å². The number of anilines is 1. The van der Waals surface area contributed by atoms with Crippen molar-refractivity contribution in [3.63, 3.8) is 0 Å². The zero-order valence-electron chi connectivity index (χ0n) is 15.3. The molecule has 1 unspecified atom stereocenters. The second kappa shape index (κ2) is 7.48. The van der Waals surface area contributed by atoms with Gasteiger partial charge >= 0.3 is 0 Å². The normalized spacial score (nSPS) is 17.2. The molecule has 2 aromatic carbocycles. The van der Waals surface area contributed by atoms with Crippen molar-refractivity contribution in [1.29, 1.82) is 0 Å². The Morgan fingerprint density at radius 1 is 1.19 bits per heavy atom. The van der Waals surface area contributed by atoms with Gasteiger partial charge in [-0.15, -0.1) is 0 Å². The van der Waals surface area contributed by atoms with Gasteiger partial charge < -0.3 is 14.2 Å². The van der Waals surface area contributed by atoms with Gasteiger partial charge in [0.25, 0.3) is 0 Å². The van der Waals surface area contributed by atoms with Crippen LogP contribution in [0.3, 0.4) is 0 Å². The largest absolute Gasteiger partial charge is 0.380 e. The van der Waals surface area contributed by atoms with Crippen LogP contribution in [-0.2, 0) is 16.1 Å². The lowest BCUT2D eigenvalue weighted by molar-refractivity contribution is -0.117. The highest BCUT2D eigenvalue weighted by atomic mass is 19.1. The molecule has 1 aliphatic rings. The molecule has 5 nitrogen and oxygen atoms in total. The van der Waals surface area contributed by atoms with E-state index in [2.05, 4.69) is 4.57 Å². The van der Waals surface area contributed by atoms with Gasteiger partial charge in [0.05, 0.1) is 17.6 Å². The maximum absolute atomic E-state index is 13.2. The highest BCUT2D eigenvalue weighted by molar-refractivity contribution is 5.96. The SMILES string of the molecule is CCOCCn1c(C2CC(=O)N(c3ccc(F)cc3)C2)nc2ccccc21. The summed E-state index contributed by atoms with van der Waals surface area (Å²) in [6.07, 6.45) is 0.398. The molecule has 1 atom stereocenters. The van der Waals surface area contributed by atoms with Gasteiger partial charge in [0, 0.05) is 37.7 Å². The van der Waals surface area contributed by atoms with Gasteiger partial charge in [-0.3, -0.25) is 4.79 Å². The number of hydrogen-bond donors (Lipinski definition) is 0. The third-order valence-electron chi connectivity index (χ3n) is 4.98. The van der Waals surface area contributed by atoms with Gasteiger partial charge in [-0.1, -0.05) is 12.1 Å². The lowest BCUT2D eigenvalue weighted by atomic mass is 10.1. The predicted octanol–water partition coefficient (Wildman–Crippen LogP) is 3.73. The smallest absolute Gasteiger partial charge is 0.227 e. The fraction of sp³-hybridized carbons (Fsp3) is 0.333. The summed E-state index contributed by atoms with van der Waals surface area (Å²) in [4.78, 5) is 19.1. The Kier molecular flexibility index (Phi) is 4.90. The molecule has 1 aromatic heterocycles. The summed E-state index contributed by atoms with van der Waals surface area (Å²) in [6.45, 7) is 4.49. The van der Waals surface area contributed by atoms with Crippen molar-refractivity contribution in [2.45, 2.75) is 25.8 Å². The number of hydrogen-bond acceptors (Lipinski definition) is 3. The first-order valence-electron chi connectivity index (χ1n) is 9.26. The third kappa shape index (κ3) is 3.45. The van der Waals surface area contributed by atoms with E-state index in [1.54, 1.807) is 17.0 Å². The molecule has 0 spiro atoms. The molecule has 0 aliphatic carbocycles. The van der Waals surface area contributed by atoms with Crippen LogP contribution >= 0.6 is 0 Å². The summed E-state index contributed by atoms with van der Waals surface area (Å²) in [5.74, 6) is 0.639. The average molecular weight is 367 g/mol. The Hall–Kier alpha value is -2.73. The molecule has 0 bridgehead atoms.